The topological polar surface area (TPSA) is 79.7 Å². The number of Topliss-reactive ketones (excluding diaryl/α,β-unsaturated/α-hetero) is 1. The van der Waals surface area contributed by atoms with E-state index in [2.05, 4.69) is 4.98 Å². The van der Waals surface area contributed by atoms with Crippen molar-refractivity contribution in [1.29, 1.82) is 0 Å². The summed E-state index contributed by atoms with van der Waals surface area (Å²) in [5, 5.41) is 11.4. The van der Waals surface area contributed by atoms with Gasteiger partial charge in [0.2, 0.25) is 0 Å². The molecule has 1 fully saturated rings. The summed E-state index contributed by atoms with van der Waals surface area (Å²) in [7, 11) is 1.58. The van der Waals surface area contributed by atoms with Crippen LogP contribution in [0.3, 0.4) is 0 Å². The molecule has 1 amide bonds. The fraction of sp³-hybridized carbons (Fsp3) is 0.125. The van der Waals surface area contributed by atoms with Crippen LogP contribution >= 0.6 is 11.6 Å². The molecule has 31 heavy (non-hydrogen) atoms. The number of carbonyl (C=O) groups excluding carboxylic acids is 2. The number of halogens is 1. The Morgan fingerprint density at radius 2 is 1.81 bits per heavy atom. The van der Waals surface area contributed by atoms with E-state index in [4.69, 9.17) is 16.3 Å². The van der Waals surface area contributed by atoms with Crippen LogP contribution in [0.5, 0.6) is 5.75 Å². The molecule has 1 unspecified atom stereocenters. The van der Waals surface area contributed by atoms with Crippen molar-refractivity contribution >= 4 is 29.1 Å². The molecule has 0 bridgehead atoms. The van der Waals surface area contributed by atoms with Gasteiger partial charge < -0.3 is 14.7 Å². The third-order valence-electron chi connectivity index (χ3n) is 5.17. The Labute approximate surface area is 184 Å². The predicted octanol–water partition coefficient (Wildman–Crippen LogP) is 4.37. The van der Waals surface area contributed by atoms with Gasteiger partial charge in [-0.25, -0.2) is 0 Å². The van der Waals surface area contributed by atoms with Crippen molar-refractivity contribution in [2.45, 2.75) is 12.6 Å². The van der Waals surface area contributed by atoms with Crippen LogP contribution in [0.2, 0.25) is 5.02 Å². The summed E-state index contributed by atoms with van der Waals surface area (Å²) < 4.78 is 5.18. The van der Waals surface area contributed by atoms with Gasteiger partial charge in [0.25, 0.3) is 11.7 Å². The van der Waals surface area contributed by atoms with Gasteiger partial charge in [-0.2, -0.15) is 0 Å². The maximum absolute atomic E-state index is 13.0. The van der Waals surface area contributed by atoms with E-state index >= 15 is 0 Å². The molecule has 0 radical (unpaired) electrons. The molecule has 6 nitrogen and oxygen atoms in total. The van der Waals surface area contributed by atoms with Gasteiger partial charge in [-0.3, -0.25) is 14.6 Å². The van der Waals surface area contributed by atoms with Crippen LogP contribution in [0, 0.1) is 0 Å². The number of nitrogens with zero attached hydrogens (tertiary/aromatic N) is 2. The molecule has 4 rings (SSSR count). The SMILES string of the molecule is COc1ccc(CN2C(=O)C(=O)/C(=C(\O)c3cccc(Cl)c3)C2c2ccncc2)cc1. The van der Waals surface area contributed by atoms with Gasteiger partial charge in [0.15, 0.2) is 0 Å². The second-order valence-electron chi connectivity index (χ2n) is 7.07. The minimum absolute atomic E-state index is 0.0204. The third-order valence-corrected chi connectivity index (χ3v) is 5.41. The first-order valence-electron chi connectivity index (χ1n) is 9.57. The molecule has 0 aliphatic carbocycles. The van der Waals surface area contributed by atoms with Crippen LogP contribution < -0.4 is 4.74 Å². The quantitative estimate of drug-likeness (QED) is 0.366. The summed E-state index contributed by atoms with van der Waals surface area (Å²) in [5.74, 6) is -0.994. The fourth-order valence-electron chi connectivity index (χ4n) is 3.65. The molecule has 7 heteroatoms. The summed E-state index contributed by atoms with van der Waals surface area (Å²) in [4.78, 5) is 31.5. The van der Waals surface area contributed by atoms with E-state index in [0.717, 1.165) is 5.56 Å². The minimum atomic E-state index is -0.760. The summed E-state index contributed by atoms with van der Waals surface area (Å²) >= 11 is 6.06. The lowest BCUT2D eigenvalue weighted by Crippen LogP contribution is -2.29. The molecule has 156 valence electrons. The van der Waals surface area contributed by atoms with E-state index in [1.54, 1.807) is 68.0 Å². The summed E-state index contributed by atoms with van der Waals surface area (Å²) in [6.45, 7) is 0.188. The van der Waals surface area contributed by atoms with Crippen molar-refractivity contribution in [2.75, 3.05) is 7.11 Å². The Balaban J connectivity index is 1.82. The zero-order valence-electron chi connectivity index (χ0n) is 16.7. The van der Waals surface area contributed by atoms with Gasteiger partial charge >= 0.3 is 0 Å². The number of aliphatic hydroxyl groups excluding tert-OH is 1. The third kappa shape index (κ3) is 4.02. The van der Waals surface area contributed by atoms with Crippen molar-refractivity contribution in [3.8, 4) is 5.75 Å². The summed E-state index contributed by atoms with van der Waals surface area (Å²) in [6, 6.07) is 16.5. The zero-order valence-corrected chi connectivity index (χ0v) is 17.4. The molecule has 3 aromatic rings. The van der Waals surface area contributed by atoms with Crippen LogP contribution in [0.15, 0.2) is 78.6 Å². The van der Waals surface area contributed by atoms with E-state index in [1.165, 1.54) is 4.90 Å². The smallest absolute Gasteiger partial charge is 0.295 e. The monoisotopic (exact) mass is 434 g/mol. The highest BCUT2D eigenvalue weighted by atomic mass is 35.5. The average Bonchev–Trinajstić information content (AvgIpc) is 3.04. The highest BCUT2D eigenvalue weighted by Gasteiger charge is 2.46. The van der Waals surface area contributed by atoms with Crippen molar-refractivity contribution < 1.29 is 19.4 Å². The van der Waals surface area contributed by atoms with Gasteiger partial charge in [0.1, 0.15) is 11.5 Å². The van der Waals surface area contributed by atoms with E-state index < -0.39 is 17.7 Å². The molecule has 1 aliphatic rings. The Morgan fingerprint density at radius 1 is 1.10 bits per heavy atom. The number of carbonyl (C=O) groups is 2. The van der Waals surface area contributed by atoms with Crippen molar-refractivity contribution in [3.05, 3.63) is 100 Å². The predicted molar refractivity (Wildman–Crippen MR) is 117 cm³/mol. The first-order valence-corrected chi connectivity index (χ1v) is 9.94. The number of ether oxygens (including phenoxy) is 1. The molecule has 1 aromatic heterocycles. The Morgan fingerprint density at radius 3 is 2.45 bits per heavy atom. The molecule has 1 saturated heterocycles. The number of aliphatic hydroxyl groups is 1. The van der Waals surface area contributed by atoms with E-state index in [9.17, 15) is 14.7 Å². The Bertz CT molecular complexity index is 1160. The molecule has 2 heterocycles. The fourth-order valence-corrected chi connectivity index (χ4v) is 3.84. The van der Waals surface area contributed by atoms with Crippen molar-refractivity contribution in [3.63, 3.8) is 0 Å². The van der Waals surface area contributed by atoms with Gasteiger partial charge in [0.05, 0.1) is 18.7 Å². The van der Waals surface area contributed by atoms with E-state index in [1.807, 2.05) is 12.1 Å². The lowest BCUT2D eigenvalue weighted by Gasteiger charge is -2.25. The molecule has 2 aromatic carbocycles. The number of benzene rings is 2. The normalized spacial score (nSPS) is 17.7. The lowest BCUT2D eigenvalue weighted by atomic mass is 9.96. The molecular weight excluding hydrogens is 416 g/mol. The van der Waals surface area contributed by atoms with Crippen LogP contribution in [0.1, 0.15) is 22.7 Å². The highest BCUT2D eigenvalue weighted by molar-refractivity contribution is 6.46. The first kappa shape index (κ1) is 20.6. The number of hydrogen-bond donors (Lipinski definition) is 1. The minimum Gasteiger partial charge on any atom is -0.507 e. The lowest BCUT2D eigenvalue weighted by molar-refractivity contribution is -0.140. The van der Waals surface area contributed by atoms with Crippen LogP contribution in [0.25, 0.3) is 5.76 Å². The molecule has 1 N–H and O–H groups in total. The summed E-state index contributed by atoms with van der Waals surface area (Å²) in [5.41, 5.74) is 1.89. The standard InChI is InChI=1S/C24H19ClN2O4/c1-31-19-7-5-15(6-8-19)14-27-21(16-9-11-26-12-10-16)20(23(29)24(27)30)22(28)17-3-2-4-18(25)13-17/h2-13,21,28H,14H2,1H3/b22-20-. The van der Waals surface area contributed by atoms with Crippen LogP contribution in [-0.4, -0.2) is 33.8 Å². The number of hydrogen-bond acceptors (Lipinski definition) is 5. The van der Waals surface area contributed by atoms with Crippen molar-refractivity contribution in [2.24, 2.45) is 0 Å². The Hall–Kier alpha value is -3.64. The molecule has 0 saturated carbocycles. The maximum atomic E-state index is 13.0. The maximum Gasteiger partial charge on any atom is 0.295 e. The van der Waals surface area contributed by atoms with Gasteiger partial charge in [-0.15, -0.1) is 0 Å². The second-order valence-corrected chi connectivity index (χ2v) is 7.50. The molecule has 1 aliphatic heterocycles. The zero-order chi connectivity index (χ0) is 22.0. The number of likely N-dealkylation sites (tertiary alicyclic amines) is 1. The number of pyridine rings is 1. The first-order chi connectivity index (χ1) is 15.0. The number of aromatic nitrogens is 1. The molecular formula is C24H19ClN2O4. The number of amides is 1. The molecule has 1 atom stereocenters. The van der Waals surface area contributed by atoms with Crippen molar-refractivity contribution in [1.82, 2.24) is 9.88 Å². The van der Waals surface area contributed by atoms with Gasteiger partial charge in [-0.1, -0.05) is 35.9 Å². The number of rotatable bonds is 5. The van der Waals surface area contributed by atoms with Gasteiger partial charge in [0, 0.05) is 29.5 Å². The molecule has 0 spiro atoms. The van der Waals surface area contributed by atoms with E-state index in [0.29, 0.717) is 21.9 Å². The van der Waals surface area contributed by atoms with Crippen LogP contribution in [-0.2, 0) is 16.1 Å². The van der Waals surface area contributed by atoms with Gasteiger partial charge in [-0.05, 0) is 47.5 Å². The van der Waals surface area contributed by atoms with Crippen LogP contribution in [0.4, 0.5) is 0 Å². The number of ketones is 1. The largest absolute Gasteiger partial charge is 0.507 e. The summed E-state index contributed by atoms with van der Waals surface area (Å²) in [6.07, 6.45) is 3.17. The number of methoxy groups -OCH3 is 1. The highest BCUT2D eigenvalue weighted by Crippen LogP contribution is 2.40. The average molecular weight is 435 g/mol. The Kier molecular flexibility index (Phi) is 5.73. The van der Waals surface area contributed by atoms with E-state index in [-0.39, 0.29) is 17.9 Å². The second kappa shape index (κ2) is 8.62.